The molecule has 0 saturated carbocycles. The fourth-order valence-electron chi connectivity index (χ4n) is 1.04. The smallest absolute Gasteiger partial charge is 0.253 e. The molecule has 0 heterocycles. The number of aryl methyl sites for hydroxylation is 1. The number of carbonyl (C=O) groups is 1. The third kappa shape index (κ3) is 2.31. The molecule has 0 atom stereocenters. The van der Waals surface area contributed by atoms with E-state index in [1.165, 1.54) is 0 Å². The first-order chi connectivity index (χ1) is 6.02. The SMILES string of the molecule is Cc1cc(C(=O)N(C)C)ccc1Br. The van der Waals surface area contributed by atoms with Crippen LogP contribution in [0.4, 0.5) is 0 Å². The summed E-state index contributed by atoms with van der Waals surface area (Å²) in [6.45, 7) is 1.97. The number of benzene rings is 1. The van der Waals surface area contributed by atoms with Crippen LogP contribution in [0.3, 0.4) is 0 Å². The van der Waals surface area contributed by atoms with Crippen molar-refractivity contribution in [2.45, 2.75) is 6.92 Å². The zero-order valence-electron chi connectivity index (χ0n) is 7.97. The van der Waals surface area contributed by atoms with E-state index >= 15 is 0 Å². The first-order valence-corrected chi connectivity index (χ1v) is 4.79. The van der Waals surface area contributed by atoms with E-state index in [1.807, 2.05) is 25.1 Å². The van der Waals surface area contributed by atoms with E-state index < -0.39 is 0 Å². The highest BCUT2D eigenvalue weighted by molar-refractivity contribution is 9.10. The van der Waals surface area contributed by atoms with Crippen LogP contribution in [0.15, 0.2) is 22.7 Å². The Morgan fingerprint density at radius 3 is 2.46 bits per heavy atom. The van der Waals surface area contributed by atoms with Crippen LogP contribution in [0.25, 0.3) is 0 Å². The van der Waals surface area contributed by atoms with E-state index in [1.54, 1.807) is 19.0 Å². The molecule has 0 aliphatic rings. The molecule has 0 unspecified atom stereocenters. The largest absolute Gasteiger partial charge is 0.345 e. The van der Waals surface area contributed by atoms with Gasteiger partial charge in [-0.1, -0.05) is 15.9 Å². The van der Waals surface area contributed by atoms with Gasteiger partial charge in [0.25, 0.3) is 5.91 Å². The molecule has 0 saturated heterocycles. The second-order valence-corrected chi connectivity index (χ2v) is 4.02. The molecule has 0 N–H and O–H groups in total. The number of hydrogen-bond donors (Lipinski definition) is 0. The minimum Gasteiger partial charge on any atom is -0.345 e. The van der Waals surface area contributed by atoms with Crippen LogP contribution >= 0.6 is 15.9 Å². The predicted molar refractivity (Wildman–Crippen MR) is 56.9 cm³/mol. The van der Waals surface area contributed by atoms with E-state index in [0.29, 0.717) is 0 Å². The zero-order chi connectivity index (χ0) is 10.0. The minimum atomic E-state index is 0.0376. The van der Waals surface area contributed by atoms with Crippen LogP contribution in [-0.2, 0) is 0 Å². The van der Waals surface area contributed by atoms with Crippen molar-refractivity contribution in [1.29, 1.82) is 0 Å². The van der Waals surface area contributed by atoms with E-state index in [0.717, 1.165) is 15.6 Å². The Morgan fingerprint density at radius 1 is 1.38 bits per heavy atom. The lowest BCUT2D eigenvalue weighted by atomic mass is 10.1. The average molecular weight is 242 g/mol. The van der Waals surface area contributed by atoms with Gasteiger partial charge >= 0.3 is 0 Å². The number of halogens is 1. The molecule has 0 bridgehead atoms. The van der Waals surface area contributed by atoms with Crippen molar-refractivity contribution in [3.8, 4) is 0 Å². The van der Waals surface area contributed by atoms with Gasteiger partial charge < -0.3 is 4.90 Å². The van der Waals surface area contributed by atoms with Crippen LogP contribution < -0.4 is 0 Å². The Kier molecular flexibility index (Phi) is 3.09. The summed E-state index contributed by atoms with van der Waals surface area (Å²) in [7, 11) is 3.50. The van der Waals surface area contributed by atoms with Gasteiger partial charge in [-0.15, -0.1) is 0 Å². The second-order valence-electron chi connectivity index (χ2n) is 3.16. The van der Waals surface area contributed by atoms with Crippen molar-refractivity contribution in [3.63, 3.8) is 0 Å². The summed E-state index contributed by atoms with van der Waals surface area (Å²) >= 11 is 3.39. The molecule has 1 aromatic carbocycles. The van der Waals surface area contributed by atoms with Crippen LogP contribution in [0.1, 0.15) is 15.9 Å². The third-order valence-corrected chi connectivity index (χ3v) is 2.70. The Labute approximate surface area is 86.7 Å². The molecule has 13 heavy (non-hydrogen) atoms. The van der Waals surface area contributed by atoms with Crippen molar-refractivity contribution in [2.24, 2.45) is 0 Å². The average Bonchev–Trinajstić information content (AvgIpc) is 2.08. The van der Waals surface area contributed by atoms with Crippen LogP contribution in [-0.4, -0.2) is 24.9 Å². The fraction of sp³-hybridized carbons (Fsp3) is 0.300. The molecule has 1 rings (SSSR count). The summed E-state index contributed by atoms with van der Waals surface area (Å²) < 4.78 is 1.03. The van der Waals surface area contributed by atoms with Crippen molar-refractivity contribution >= 4 is 21.8 Å². The number of carbonyl (C=O) groups excluding carboxylic acids is 1. The summed E-state index contributed by atoms with van der Waals surface area (Å²) in [6.07, 6.45) is 0. The standard InChI is InChI=1S/C10H12BrNO/c1-7-6-8(4-5-9(7)11)10(13)12(2)3/h4-6H,1-3H3. The number of rotatable bonds is 1. The maximum atomic E-state index is 11.5. The summed E-state index contributed by atoms with van der Waals surface area (Å²) in [5.74, 6) is 0.0376. The van der Waals surface area contributed by atoms with Crippen LogP contribution in [0.2, 0.25) is 0 Å². The molecule has 1 aromatic rings. The lowest BCUT2D eigenvalue weighted by molar-refractivity contribution is 0.0827. The Hall–Kier alpha value is -0.830. The molecule has 0 aliphatic heterocycles. The van der Waals surface area contributed by atoms with Gasteiger partial charge in [-0.25, -0.2) is 0 Å². The number of nitrogens with zero attached hydrogens (tertiary/aromatic N) is 1. The second kappa shape index (κ2) is 3.92. The molecule has 0 aromatic heterocycles. The highest BCUT2D eigenvalue weighted by Crippen LogP contribution is 2.17. The summed E-state index contributed by atoms with van der Waals surface area (Å²) in [4.78, 5) is 13.1. The summed E-state index contributed by atoms with van der Waals surface area (Å²) in [5, 5.41) is 0. The highest BCUT2D eigenvalue weighted by Gasteiger charge is 2.08. The third-order valence-electron chi connectivity index (χ3n) is 1.81. The van der Waals surface area contributed by atoms with Gasteiger partial charge in [0.05, 0.1) is 0 Å². The molecule has 0 fully saturated rings. The first kappa shape index (κ1) is 10.3. The van der Waals surface area contributed by atoms with E-state index in [2.05, 4.69) is 15.9 Å². The topological polar surface area (TPSA) is 20.3 Å². The molecular weight excluding hydrogens is 230 g/mol. The number of hydrogen-bond acceptors (Lipinski definition) is 1. The van der Waals surface area contributed by atoms with Gasteiger partial charge in [0, 0.05) is 24.1 Å². The lowest BCUT2D eigenvalue weighted by Crippen LogP contribution is -2.21. The van der Waals surface area contributed by atoms with Gasteiger partial charge in [0.15, 0.2) is 0 Å². The van der Waals surface area contributed by atoms with Crippen LogP contribution in [0.5, 0.6) is 0 Å². The Balaban J connectivity index is 3.04. The van der Waals surface area contributed by atoms with Gasteiger partial charge in [0.2, 0.25) is 0 Å². The Morgan fingerprint density at radius 2 is 2.00 bits per heavy atom. The quantitative estimate of drug-likeness (QED) is 0.740. The van der Waals surface area contributed by atoms with E-state index in [-0.39, 0.29) is 5.91 Å². The lowest BCUT2D eigenvalue weighted by Gasteiger charge is -2.10. The highest BCUT2D eigenvalue weighted by atomic mass is 79.9. The molecule has 0 aliphatic carbocycles. The zero-order valence-corrected chi connectivity index (χ0v) is 9.55. The van der Waals surface area contributed by atoms with Crippen molar-refractivity contribution in [1.82, 2.24) is 4.90 Å². The molecule has 0 radical (unpaired) electrons. The molecule has 3 heteroatoms. The fourth-order valence-corrected chi connectivity index (χ4v) is 1.28. The van der Waals surface area contributed by atoms with Crippen molar-refractivity contribution < 1.29 is 4.79 Å². The normalized spacial score (nSPS) is 9.85. The van der Waals surface area contributed by atoms with Gasteiger partial charge in [-0.3, -0.25) is 4.79 Å². The summed E-state index contributed by atoms with van der Waals surface area (Å²) in [6, 6.07) is 5.60. The van der Waals surface area contributed by atoms with Crippen LogP contribution in [0, 0.1) is 6.92 Å². The first-order valence-electron chi connectivity index (χ1n) is 4.00. The van der Waals surface area contributed by atoms with Crippen molar-refractivity contribution in [3.05, 3.63) is 33.8 Å². The van der Waals surface area contributed by atoms with Gasteiger partial charge in [0.1, 0.15) is 0 Å². The Bertz CT molecular complexity index is 334. The predicted octanol–water partition coefficient (Wildman–Crippen LogP) is 2.46. The monoisotopic (exact) mass is 241 g/mol. The maximum absolute atomic E-state index is 11.5. The van der Waals surface area contributed by atoms with E-state index in [4.69, 9.17) is 0 Å². The minimum absolute atomic E-state index is 0.0376. The molecule has 0 spiro atoms. The summed E-state index contributed by atoms with van der Waals surface area (Å²) in [5.41, 5.74) is 1.80. The van der Waals surface area contributed by atoms with Gasteiger partial charge in [-0.05, 0) is 30.7 Å². The van der Waals surface area contributed by atoms with Gasteiger partial charge in [-0.2, -0.15) is 0 Å². The molecule has 2 nitrogen and oxygen atoms in total. The maximum Gasteiger partial charge on any atom is 0.253 e. The van der Waals surface area contributed by atoms with E-state index in [9.17, 15) is 4.79 Å². The van der Waals surface area contributed by atoms with Crippen molar-refractivity contribution in [2.75, 3.05) is 14.1 Å². The molecular formula is C10H12BrNO. The number of amides is 1. The molecule has 1 amide bonds. The molecule has 70 valence electrons.